The molecular formula is C13H31N3. The Morgan fingerprint density at radius 2 is 0.875 bits per heavy atom. The summed E-state index contributed by atoms with van der Waals surface area (Å²) >= 11 is 0. The van der Waals surface area contributed by atoms with Crippen molar-refractivity contribution in [2.75, 3.05) is 59.4 Å². The molecule has 0 aromatic rings. The number of rotatable bonds is 10. The van der Waals surface area contributed by atoms with Crippen LogP contribution in [0, 0.1) is 0 Å². The first kappa shape index (κ1) is 15.9. The van der Waals surface area contributed by atoms with Gasteiger partial charge in [0.15, 0.2) is 0 Å². The summed E-state index contributed by atoms with van der Waals surface area (Å²) in [6, 6.07) is 0. The second kappa shape index (κ2) is 10.1. The molecule has 16 heavy (non-hydrogen) atoms. The molecule has 0 radical (unpaired) electrons. The molecule has 0 amide bonds. The summed E-state index contributed by atoms with van der Waals surface area (Å²) < 4.78 is 0. The van der Waals surface area contributed by atoms with Crippen LogP contribution >= 0.6 is 0 Å². The summed E-state index contributed by atoms with van der Waals surface area (Å²) in [4.78, 5) is 7.40. The van der Waals surface area contributed by atoms with Gasteiger partial charge in [0, 0.05) is 26.2 Å². The fraction of sp³-hybridized carbons (Fsp3) is 1.00. The summed E-state index contributed by atoms with van der Waals surface area (Å²) in [5.74, 6) is 0. The Kier molecular flexibility index (Phi) is 9.99. The maximum atomic E-state index is 2.48. The fourth-order valence-electron chi connectivity index (χ4n) is 1.82. The van der Waals surface area contributed by atoms with Gasteiger partial charge in [-0.05, 0) is 33.2 Å². The van der Waals surface area contributed by atoms with Gasteiger partial charge < -0.3 is 14.7 Å². The molecule has 0 aliphatic heterocycles. The molecular weight excluding hydrogens is 198 g/mol. The van der Waals surface area contributed by atoms with Gasteiger partial charge in [-0.25, -0.2) is 0 Å². The Labute approximate surface area is 102 Å². The third kappa shape index (κ3) is 7.20. The third-order valence-electron chi connectivity index (χ3n) is 3.38. The molecule has 0 unspecified atom stereocenters. The number of nitrogens with zero attached hydrogens (tertiary/aromatic N) is 3. The molecule has 0 atom stereocenters. The molecule has 0 aromatic heterocycles. The van der Waals surface area contributed by atoms with Gasteiger partial charge in [0.1, 0.15) is 0 Å². The zero-order valence-corrected chi connectivity index (χ0v) is 12.0. The average Bonchev–Trinajstić information content (AvgIpc) is 2.31. The molecule has 0 heterocycles. The van der Waals surface area contributed by atoms with Crippen LogP contribution in [-0.4, -0.2) is 74.1 Å². The zero-order valence-electron chi connectivity index (χ0n) is 12.0. The SMILES string of the molecule is CCN(CC)CCN(C)CCN(CC)CC. The van der Waals surface area contributed by atoms with Gasteiger partial charge >= 0.3 is 0 Å². The molecule has 0 aliphatic carbocycles. The highest BCUT2D eigenvalue weighted by atomic mass is 15.2. The minimum Gasteiger partial charge on any atom is -0.304 e. The van der Waals surface area contributed by atoms with Crippen LogP contribution in [0.5, 0.6) is 0 Å². The van der Waals surface area contributed by atoms with Crippen molar-refractivity contribution in [3.63, 3.8) is 0 Å². The lowest BCUT2D eigenvalue weighted by molar-refractivity contribution is 0.210. The van der Waals surface area contributed by atoms with Crippen molar-refractivity contribution in [2.24, 2.45) is 0 Å². The minimum absolute atomic E-state index is 1.17. The van der Waals surface area contributed by atoms with E-state index in [9.17, 15) is 0 Å². The quantitative estimate of drug-likeness (QED) is 0.563. The van der Waals surface area contributed by atoms with Gasteiger partial charge in [-0.1, -0.05) is 27.7 Å². The topological polar surface area (TPSA) is 9.72 Å². The van der Waals surface area contributed by atoms with E-state index in [0.717, 1.165) is 0 Å². The lowest BCUT2D eigenvalue weighted by Crippen LogP contribution is -2.37. The van der Waals surface area contributed by atoms with Crippen molar-refractivity contribution in [1.29, 1.82) is 0 Å². The van der Waals surface area contributed by atoms with Crippen molar-refractivity contribution in [2.45, 2.75) is 27.7 Å². The van der Waals surface area contributed by atoms with Crippen LogP contribution in [0.3, 0.4) is 0 Å². The van der Waals surface area contributed by atoms with E-state index in [0.29, 0.717) is 0 Å². The van der Waals surface area contributed by atoms with E-state index >= 15 is 0 Å². The van der Waals surface area contributed by atoms with E-state index in [4.69, 9.17) is 0 Å². The average molecular weight is 229 g/mol. The highest BCUT2D eigenvalue weighted by molar-refractivity contribution is 4.61. The molecule has 0 saturated carbocycles. The predicted octanol–water partition coefficient (Wildman–Crippen LogP) is 1.60. The number of likely N-dealkylation sites (N-methyl/N-ethyl adjacent to an activating group) is 3. The largest absolute Gasteiger partial charge is 0.304 e. The molecule has 0 saturated heterocycles. The van der Waals surface area contributed by atoms with Gasteiger partial charge in [-0.15, -0.1) is 0 Å². The molecule has 0 bridgehead atoms. The monoisotopic (exact) mass is 229 g/mol. The molecule has 98 valence electrons. The first-order chi connectivity index (χ1) is 7.67. The maximum absolute atomic E-state index is 2.48. The lowest BCUT2D eigenvalue weighted by atomic mass is 10.4. The first-order valence-corrected chi connectivity index (χ1v) is 6.81. The minimum atomic E-state index is 1.17. The summed E-state index contributed by atoms with van der Waals surface area (Å²) in [6.45, 7) is 18.4. The van der Waals surface area contributed by atoms with E-state index < -0.39 is 0 Å². The van der Waals surface area contributed by atoms with Gasteiger partial charge in [-0.3, -0.25) is 0 Å². The zero-order chi connectivity index (χ0) is 12.4. The highest BCUT2D eigenvalue weighted by Crippen LogP contribution is 1.92. The summed E-state index contributed by atoms with van der Waals surface area (Å²) in [6.07, 6.45) is 0. The Morgan fingerprint density at radius 3 is 1.12 bits per heavy atom. The van der Waals surface area contributed by atoms with Crippen molar-refractivity contribution in [3.8, 4) is 0 Å². The van der Waals surface area contributed by atoms with Gasteiger partial charge in [0.25, 0.3) is 0 Å². The Morgan fingerprint density at radius 1 is 0.562 bits per heavy atom. The van der Waals surface area contributed by atoms with Gasteiger partial charge in [0.05, 0.1) is 0 Å². The van der Waals surface area contributed by atoms with Crippen LogP contribution in [0.2, 0.25) is 0 Å². The van der Waals surface area contributed by atoms with Crippen LogP contribution in [0.1, 0.15) is 27.7 Å². The summed E-state index contributed by atoms with van der Waals surface area (Å²) in [5, 5.41) is 0. The highest BCUT2D eigenvalue weighted by Gasteiger charge is 2.04. The van der Waals surface area contributed by atoms with Gasteiger partial charge in [0.2, 0.25) is 0 Å². The van der Waals surface area contributed by atoms with Crippen LogP contribution in [0.4, 0.5) is 0 Å². The summed E-state index contributed by atoms with van der Waals surface area (Å²) in [5.41, 5.74) is 0. The maximum Gasteiger partial charge on any atom is 0.0109 e. The molecule has 0 aromatic carbocycles. The van der Waals surface area contributed by atoms with E-state index in [1.165, 1.54) is 52.4 Å². The van der Waals surface area contributed by atoms with Crippen LogP contribution in [-0.2, 0) is 0 Å². The van der Waals surface area contributed by atoms with Crippen molar-refractivity contribution in [3.05, 3.63) is 0 Å². The molecule has 0 fully saturated rings. The van der Waals surface area contributed by atoms with Crippen molar-refractivity contribution >= 4 is 0 Å². The molecule has 0 N–H and O–H groups in total. The van der Waals surface area contributed by atoms with Crippen molar-refractivity contribution in [1.82, 2.24) is 14.7 Å². The van der Waals surface area contributed by atoms with E-state index in [1.54, 1.807) is 0 Å². The van der Waals surface area contributed by atoms with E-state index in [1.807, 2.05) is 0 Å². The van der Waals surface area contributed by atoms with Crippen LogP contribution in [0.25, 0.3) is 0 Å². The normalized spacial score (nSPS) is 12.0. The Bertz CT molecular complexity index is 126. The van der Waals surface area contributed by atoms with Crippen LogP contribution < -0.4 is 0 Å². The molecule has 0 rings (SSSR count). The molecule has 3 nitrogen and oxygen atoms in total. The van der Waals surface area contributed by atoms with E-state index in [-0.39, 0.29) is 0 Å². The number of hydrogen-bond acceptors (Lipinski definition) is 3. The Balaban J connectivity index is 3.61. The molecule has 0 aliphatic rings. The van der Waals surface area contributed by atoms with Crippen molar-refractivity contribution < 1.29 is 0 Å². The second-order valence-corrected chi connectivity index (χ2v) is 4.36. The standard InChI is InChI=1S/C13H31N3/c1-6-15(7-2)12-10-14(5)11-13-16(8-3)9-4/h6-13H2,1-5H3. The Hall–Kier alpha value is -0.120. The smallest absolute Gasteiger partial charge is 0.0109 e. The number of hydrogen-bond donors (Lipinski definition) is 0. The predicted molar refractivity (Wildman–Crippen MR) is 73.1 cm³/mol. The second-order valence-electron chi connectivity index (χ2n) is 4.36. The summed E-state index contributed by atoms with van der Waals surface area (Å²) in [7, 11) is 2.23. The molecule has 3 heteroatoms. The first-order valence-electron chi connectivity index (χ1n) is 6.81. The fourth-order valence-corrected chi connectivity index (χ4v) is 1.82. The third-order valence-corrected chi connectivity index (χ3v) is 3.38. The molecule has 0 spiro atoms. The lowest BCUT2D eigenvalue weighted by Gasteiger charge is -2.25. The van der Waals surface area contributed by atoms with Crippen LogP contribution in [0.15, 0.2) is 0 Å². The van der Waals surface area contributed by atoms with Gasteiger partial charge in [-0.2, -0.15) is 0 Å². The van der Waals surface area contributed by atoms with E-state index in [2.05, 4.69) is 49.4 Å².